The molecule has 2 aromatic rings. The second-order valence-corrected chi connectivity index (χ2v) is 7.89. The lowest BCUT2D eigenvalue weighted by molar-refractivity contribution is -0.118. The normalized spacial score (nSPS) is 17.8. The molecule has 0 saturated carbocycles. The van der Waals surface area contributed by atoms with Crippen molar-refractivity contribution in [2.24, 2.45) is 0 Å². The Morgan fingerprint density at radius 1 is 1.27 bits per heavy atom. The number of nitrogens with zero attached hydrogens (tertiary/aromatic N) is 1. The van der Waals surface area contributed by atoms with Crippen LogP contribution in [-0.4, -0.2) is 37.8 Å². The van der Waals surface area contributed by atoms with Gasteiger partial charge in [0.1, 0.15) is 12.1 Å². The summed E-state index contributed by atoms with van der Waals surface area (Å²) in [5.41, 5.74) is 0.839. The van der Waals surface area contributed by atoms with Gasteiger partial charge in [0.05, 0.1) is 24.0 Å². The molecule has 0 unspecified atom stereocenters. The van der Waals surface area contributed by atoms with Gasteiger partial charge in [0.25, 0.3) is 0 Å². The second-order valence-electron chi connectivity index (χ2n) is 6.12. The number of ether oxygens (including phenoxy) is 1. The molecule has 1 aliphatic heterocycles. The number of sulfonamides is 1. The number of benzene rings is 1. The van der Waals surface area contributed by atoms with Gasteiger partial charge in [-0.3, -0.25) is 9.52 Å². The Kier molecular flexibility index (Phi) is 5.67. The molecule has 9 heteroatoms. The van der Waals surface area contributed by atoms with E-state index >= 15 is 0 Å². The van der Waals surface area contributed by atoms with Gasteiger partial charge in [-0.15, -0.1) is 0 Å². The van der Waals surface area contributed by atoms with Crippen molar-refractivity contribution in [3.8, 4) is 11.5 Å². The van der Waals surface area contributed by atoms with Crippen LogP contribution in [0.4, 0.5) is 4.39 Å². The van der Waals surface area contributed by atoms with Gasteiger partial charge in [-0.25, -0.2) is 17.8 Å². The van der Waals surface area contributed by atoms with Crippen molar-refractivity contribution in [2.45, 2.75) is 31.8 Å². The Morgan fingerprint density at radius 3 is 2.73 bits per heavy atom. The summed E-state index contributed by atoms with van der Waals surface area (Å²) < 4.78 is 49.7. The predicted molar refractivity (Wildman–Crippen MR) is 91.1 cm³/mol. The molecule has 2 heterocycles. The average Bonchev–Trinajstić information content (AvgIpc) is 3.03. The summed E-state index contributed by atoms with van der Waals surface area (Å²) in [6.45, 7) is 0.541. The number of amides is 1. The van der Waals surface area contributed by atoms with E-state index in [0.717, 1.165) is 12.8 Å². The van der Waals surface area contributed by atoms with Gasteiger partial charge in [0.2, 0.25) is 21.8 Å². The Morgan fingerprint density at radius 2 is 2.04 bits per heavy atom. The van der Waals surface area contributed by atoms with Crippen LogP contribution in [0.25, 0.3) is 11.5 Å². The van der Waals surface area contributed by atoms with Crippen molar-refractivity contribution >= 4 is 15.9 Å². The highest BCUT2D eigenvalue weighted by Crippen LogP contribution is 2.19. The molecule has 1 fully saturated rings. The first-order chi connectivity index (χ1) is 12.4. The van der Waals surface area contributed by atoms with Crippen LogP contribution < -0.4 is 4.72 Å². The summed E-state index contributed by atoms with van der Waals surface area (Å²) in [4.78, 5) is 16.1. The quantitative estimate of drug-likeness (QED) is 0.821. The molecule has 1 aromatic carbocycles. The van der Waals surface area contributed by atoms with E-state index in [2.05, 4.69) is 4.98 Å². The van der Waals surface area contributed by atoms with Crippen molar-refractivity contribution in [3.63, 3.8) is 0 Å². The lowest BCUT2D eigenvalue weighted by Gasteiger charge is -2.22. The fourth-order valence-corrected chi connectivity index (χ4v) is 3.97. The van der Waals surface area contributed by atoms with Gasteiger partial charge in [0, 0.05) is 12.2 Å². The molecule has 1 atom stereocenters. The summed E-state index contributed by atoms with van der Waals surface area (Å²) in [5.74, 6) is -1.09. The minimum absolute atomic E-state index is 0.228. The Balaban J connectivity index is 1.57. The van der Waals surface area contributed by atoms with E-state index < -0.39 is 15.9 Å². The van der Waals surface area contributed by atoms with Crippen LogP contribution in [0.1, 0.15) is 25.0 Å². The van der Waals surface area contributed by atoms with E-state index in [1.54, 1.807) is 0 Å². The molecule has 1 amide bonds. The van der Waals surface area contributed by atoms with Crippen LogP contribution in [0.5, 0.6) is 0 Å². The first kappa shape index (κ1) is 18.5. The van der Waals surface area contributed by atoms with Crippen molar-refractivity contribution in [2.75, 3.05) is 12.4 Å². The van der Waals surface area contributed by atoms with Gasteiger partial charge in [-0.1, -0.05) is 0 Å². The largest absolute Gasteiger partial charge is 0.444 e. The molecule has 0 spiro atoms. The molecular weight excluding hydrogens is 363 g/mol. The van der Waals surface area contributed by atoms with Crippen LogP contribution in [0.3, 0.4) is 0 Å². The third kappa shape index (κ3) is 5.12. The highest BCUT2D eigenvalue weighted by atomic mass is 32.2. The van der Waals surface area contributed by atoms with Crippen LogP contribution in [0.15, 0.2) is 34.9 Å². The Hall–Kier alpha value is -2.26. The summed E-state index contributed by atoms with van der Waals surface area (Å²) in [5, 5.41) is 0. The van der Waals surface area contributed by atoms with E-state index in [9.17, 15) is 17.6 Å². The molecule has 0 aliphatic carbocycles. The molecule has 3 rings (SSSR count). The van der Waals surface area contributed by atoms with E-state index in [-0.39, 0.29) is 35.7 Å². The molecule has 140 valence electrons. The molecule has 1 aromatic heterocycles. The highest BCUT2D eigenvalue weighted by Gasteiger charge is 2.24. The number of halogens is 1. The lowest BCUT2D eigenvalue weighted by Crippen LogP contribution is -2.38. The number of aromatic nitrogens is 1. The zero-order valence-electron chi connectivity index (χ0n) is 14.0. The predicted octanol–water partition coefficient (Wildman–Crippen LogP) is 2.04. The van der Waals surface area contributed by atoms with Crippen molar-refractivity contribution in [1.29, 1.82) is 0 Å². The van der Waals surface area contributed by atoms with Gasteiger partial charge >= 0.3 is 0 Å². The van der Waals surface area contributed by atoms with E-state index in [0.29, 0.717) is 18.6 Å². The maximum Gasteiger partial charge on any atom is 0.239 e. The maximum absolute atomic E-state index is 12.9. The fraction of sp³-hybridized carbons (Fsp3) is 0.412. The first-order valence-corrected chi connectivity index (χ1v) is 9.92. The number of hydrogen-bond acceptors (Lipinski definition) is 6. The molecule has 0 bridgehead atoms. The topological polar surface area (TPSA) is 98.5 Å². The lowest BCUT2D eigenvalue weighted by atomic mass is 10.1. The van der Waals surface area contributed by atoms with Crippen LogP contribution in [0, 0.1) is 5.82 Å². The van der Waals surface area contributed by atoms with E-state index in [1.165, 1.54) is 30.5 Å². The zero-order valence-corrected chi connectivity index (χ0v) is 14.8. The summed E-state index contributed by atoms with van der Waals surface area (Å²) in [6.07, 6.45) is 3.15. The SMILES string of the molecule is O=C(Cc1coc(-c2ccc(F)cc2)n1)NS(=O)(=O)C[C@H]1CCCCO1. The smallest absolute Gasteiger partial charge is 0.239 e. The fourth-order valence-electron chi connectivity index (χ4n) is 2.71. The molecule has 1 saturated heterocycles. The average molecular weight is 382 g/mol. The number of nitrogens with one attached hydrogen (secondary N) is 1. The van der Waals surface area contributed by atoms with Gasteiger partial charge in [-0.05, 0) is 43.5 Å². The van der Waals surface area contributed by atoms with Gasteiger partial charge in [-0.2, -0.15) is 0 Å². The molecule has 1 N–H and O–H groups in total. The van der Waals surface area contributed by atoms with Gasteiger partial charge < -0.3 is 9.15 Å². The number of carbonyl (C=O) groups is 1. The van der Waals surface area contributed by atoms with Gasteiger partial charge in [0.15, 0.2) is 0 Å². The van der Waals surface area contributed by atoms with Crippen molar-refractivity contribution in [3.05, 3.63) is 42.0 Å². The minimum atomic E-state index is -3.78. The summed E-state index contributed by atoms with van der Waals surface area (Å²) in [7, 11) is -3.78. The van der Waals surface area contributed by atoms with Crippen molar-refractivity contribution in [1.82, 2.24) is 9.71 Å². The number of oxazole rings is 1. The highest BCUT2D eigenvalue weighted by molar-refractivity contribution is 7.90. The first-order valence-electron chi connectivity index (χ1n) is 8.26. The molecule has 7 nitrogen and oxygen atoms in total. The summed E-state index contributed by atoms with van der Waals surface area (Å²) >= 11 is 0. The summed E-state index contributed by atoms with van der Waals surface area (Å²) in [6, 6.07) is 5.54. The second kappa shape index (κ2) is 7.96. The third-order valence-corrected chi connectivity index (χ3v) is 5.28. The number of hydrogen-bond donors (Lipinski definition) is 1. The number of rotatable bonds is 6. The van der Waals surface area contributed by atoms with Crippen LogP contribution >= 0.6 is 0 Å². The number of carbonyl (C=O) groups excluding carboxylic acids is 1. The van der Waals surface area contributed by atoms with E-state index in [1.807, 2.05) is 4.72 Å². The minimum Gasteiger partial charge on any atom is -0.444 e. The van der Waals surface area contributed by atoms with E-state index in [4.69, 9.17) is 9.15 Å². The zero-order chi connectivity index (χ0) is 18.6. The van der Waals surface area contributed by atoms with Crippen LogP contribution in [0.2, 0.25) is 0 Å². The van der Waals surface area contributed by atoms with Crippen molar-refractivity contribution < 1.29 is 26.8 Å². The Labute approximate surface area is 150 Å². The molecule has 1 aliphatic rings. The molecular formula is C17H19FN2O5S. The molecule has 0 radical (unpaired) electrons. The maximum atomic E-state index is 12.9. The monoisotopic (exact) mass is 382 g/mol. The molecule has 26 heavy (non-hydrogen) atoms. The van der Waals surface area contributed by atoms with Crippen LogP contribution in [-0.2, 0) is 26.0 Å². The standard InChI is InChI=1S/C17H19FN2O5S/c18-13-6-4-12(5-7-13)17-19-14(10-25-17)9-16(21)20-26(22,23)11-15-3-1-2-8-24-15/h4-7,10,15H,1-3,8-9,11H2,(H,20,21)/t15-/m1/s1. The third-order valence-electron chi connectivity index (χ3n) is 3.93. The Bertz CT molecular complexity index is 858.